The van der Waals surface area contributed by atoms with Gasteiger partial charge in [0.05, 0.1) is 135 Å². The minimum atomic E-state index is -0.610. The number of benzene rings is 9. The Morgan fingerprint density at radius 3 is 1.00 bits per heavy atom. The van der Waals surface area contributed by atoms with Crippen LogP contribution in [0.25, 0.3) is 0 Å². The third-order valence-electron chi connectivity index (χ3n) is 28.2. The number of amides is 9. The standard InChI is InChI=1S/C39H45N5O5.C37H40N4O6.C36H39N5O6/c1-25-23-31(26(2)41-25)37(45)40-18-10-15-32(29-16-17-34(48-4)35(24-29)49-5)44-38(46)30-13-9-14-33(36(30)39(44)47)43-21-19-42(20-22-43)27(3)28-11-7-6-8-12-28;1-25(26-9-5-4-6-10-26)39-18-20-40(21-19-39)31-12-7-11-29-34(31)37(44)41(36(29)43)30(27-14-15-32(45-2)33(23-27)46-3)13-8-17-38-35(42)28-16-22-47-24-28;1-24(25-9-5-4-6-10-25)39-19-21-40(22-20-39)29-12-7-11-27-33(29)36(44)41(35(27)43)28(26-14-15-30(45-2)32(23-26)46-3)13-8-17-37-34(42)31-16-18-38-47-31/h6-9,11-14,16-17,23-24,27,32,41H,10,15,18-22H2,1-5H3,(H,40,45);4-7,9-12,14-16,22-25,30H,8,13,17-21H2,1-3H3,(H,38,42);4-7,9-12,14-16,18,23-24,28H,8,13,17,19-22H2,1-3H3,(H,37,42)/t27-,32-;25-,30-;24-,28-/m111/s1. The number of aromatic amines is 1. The SMILES string of the molecule is COc1ccc([C@@H](CCCNC(=O)c2cc(C)[nH]c2C)N2C(=O)c3cccc(N4CCN([C@H](C)c5ccccc5)CC4)c3C2=O)cc1OC.COc1ccc([C@@H](CCCNC(=O)c2ccno2)N2C(=O)c3cccc(N4CCN([C@H](C)c5ccccc5)CC4)c3C2=O)cc1OC.COc1ccc([C@@H](CCCNC(=O)c2ccoc2)N2C(=O)c3cccc(N4CCN([C@H](C)c5ccccc5)CC4)c3C2=O)cc1OC. The zero-order valence-corrected chi connectivity index (χ0v) is 82.7. The zero-order chi connectivity index (χ0) is 100. The van der Waals surface area contributed by atoms with Gasteiger partial charge in [0.2, 0.25) is 5.76 Å². The number of hydrogen-bond acceptors (Lipinski definition) is 24. The van der Waals surface area contributed by atoms with Crippen molar-refractivity contribution in [3.63, 3.8) is 0 Å². The molecule has 31 nitrogen and oxygen atoms in total. The number of nitrogens with one attached hydrogen (secondary N) is 4. The second-order valence-corrected chi connectivity index (χ2v) is 36.3. The molecule has 9 amide bonds. The lowest BCUT2D eigenvalue weighted by atomic mass is 9.99. The Bertz CT molecular complexity index is 6240. The Morgan fingerprint density at radius 2 is 0.699 bits per heavy atom. The number of furan rings is 1. The number of methoxy groups -OCH3 is 6. The van der Waals surface area contributed by atoms with Crippen molar-refractivity contribution in [2.45, 2.75) is 109 Å². The van der Waals surface area contributed by atoms with Crippen molar-refractivity contribution in [3.8, 4) is 34.5 Å². The maximum Gasteiger partial charge on any atom is 0.289 e. The number of ether oxygens (including phenoxy) is 6. The van der Waals surface area contributed by atoms with Crippen LogP contribution in [0, 0.1) is 13.8 Å². The van der Waals surface area contributed by atoms with Crippen molar-refractivity contribution in [3.05, 3.63) is 332 Å². The van der Waals surface area contributed by atoms with E-state index in [2.05, 4.69) is 149 Å². The first-order chi connectivity index (χ1) is 69.5. The summed E-state index contributed by atoms with van der Waals surface area (Å²) in [5.74, 6) is 0.545. The quantitative estimate of drug-likeness (QED) is 0.0209. The van der Waals surface area contributed by atoms with Crippen molar-refractivity contribution in [2.24, 2.45) is 0 Å². The van der Waals surface area contributed by atoms with Crippen LogP contribution < -0.4 is 59.1 Å². The maximum absolute atomic E-state index is 14.4. The smallest absolute Gasteiger partial charge is 0.289 e. The number of piperazine rings is 3. The van der Waals surface area contributed by atoms with Crippen molar-refractivity contribution in [1.82, 2.24) is 55.5 Å². The molecule has 0 unspecified atom stereocenters. The summed E-state index contributed by atoms with van der Waals surface area (Å²) < 4.78 is 43.0. The van der Waals surface area contributed by atoms with E-state index >= 15 is 0 Å². The monoisotopic (exact) mass is 1940 g/mol. The summed E-state index contributed by atoms with van der Waals surface area (Å²) in [5.41, 5.74) is 13.7. The van der Waals surface area contributed by atoms with Gasteiger partial charge in [-0.15, -0.1) is 0 Å². The zero-order valence-electron chi connectivity index (χ0n) is 82.7. The first-order valence-corrected chi connectivity index (χ1v) is 48.8. The molecule has 3 aromatic heterocycles. The average molecular weight is 1940 g/mol. The first-order valence-electron chi connectivity index (χ1n) is 48.8. The fraction of sp³-hybridized carbons (Fsp3) is 0.339. The van der Waals surface area contributed by atoms with E-state index in [1.54, 1.807) is 91.2 Å². The number of aryl methyl sites for hydroxylation is 2. The molecule has 3 fully saturated rings. The van der Waals surface area contributed by atoms with E-state index < -0.39 is 18.1 Å². The fourth-order valence-corrected chi connectivity index (χ4v) is 20.4. The number of carbonyl (C=O) groups excluding carboxylic acids is 9. The Hall–Kier alpha value is -15.3. The van der Waals surface area contributed by atoms with Crippen LogP contribution in [-0.2, 0) is 0 Å². The largest absolute Gasteiger partial charge is 0.493 e. The van der Waals surface area contributed by atoms with Gasteiger partial charge < -0.3 is 73.0 Å². The van der Waals surface area contributed by atoms with Gasteiger partial charge in [0.1, 0.15) is 6.26 Å². The van der Waals surface area contributed by atoms with Crippen LogP contribution in [0.4, 0.5) is 17.1 Å². The van der Waals surface area contributed by atoms with Gasteiger partial charge >= 0.3 is 0 Å². The van der Waals surface area contributed by atoms with Gasteiger partial charge in [-0.05, 0) is 191 Å². The minimum absolute atomic E-state index is 0.115. The van der Waals surface area contributed by atoms with E-state index in [4.69, 9.17) is 37.4 Å². The lowest BCUT2D eigenvalue weighted by molar-refractivity contribution is 0.0556. The third kappa shape index (κ3) is 22.1. The molecule has 12 aromatic rings. The predicted octanol–water partition coefficient (Wildman–Crippen LogP) is 16.9. The van der Waals surface area contributed by atoms with Crippen molar-refractivity contribution >= 4 is 70.2 Å². The van der Waals surface area contributed by atoms with E-state index in [1.807, 2.05) is 105 Å². The summed E-state index contributed by atoms with van der Waals surface area (Å²) in [6.07, 6.45) is 7.06. The second-order valence-electron chi connectivity index (χ2n) is 36.3. The van der Waals surface area contributed by atoms with Gasteiger partial charge in [0.15, 0.2) is 34.5 Å². The lowest BCUT2D eigenvalue weighted by Crippen LogP contribution is -2.47. The molecule has 3 saturated heterocycles. The highest BCUT2D eigenvalue weighted by Gasteiger charge is 2.48. The molecule has 9 heterocycles. The summed E-state index contributed by atoms with van der Waals surface area (Å²) in [7, 11) is 9.34. The number of rotatable bonds is 36. The van der Waals surface area contributed by atoms with Gasteiger partial charge in [-0.2, -0.15) is 0 Å². The molecular formula is C112H124N14O17. The number of imide groups is 3. The average Bonchev–Trinajstić information content (AvgIpc) is 1.60. The molecule has 9 aromatic carbocycles. The summed E-state index contributed by atoms with van der Waals surface area (Å²) >= 11 is 0. The molecule has 6 aliphatic rings. The van der Waals surface area contributed by atoms with E-state index in [0.717, 1.165) is 124 Å². The van der Waals surface area contributed by atoms with Gasteiger partial charge in [-0.25, -0.2) is 0 Å². The van der Waals surface area contributed by atoms with Crippen LogP contribution in [0.15, 0.2) is 246 Å². The number of hydrogen-bond donors (Lipinski definition) is 4. The van der Waals surface area contributed by atoms with Crippen molar-refractivity contribution in [1.29, 1.82) is 0 Å². The Morgan fingerprint density at radius 1 is 0.364 bits per heavy atom. The van der Waals surface area contributed by atoms with Crippen LogP contribution in [0.3, 0.4) is 0 Å². The lowest BCUT2D eigenvalue weighted by Gasteiger charge is -2.39. The molecule has 6 atom stereocenters. The van der Waals surface area contributed by atoms with Crippen LogP contribution in [0.1, 0.15) is 234 Å². The van der Waals surface area contributed by atoms with Crippen LogP contribution in [-0.4, -0.2) is 234 Å². The number of nitrogens with zero attached hydrogens (tertiary/aromatic N) is 10. The summed E-state index contributed by atoms with van der Waals surface area (Å²) in [4.78, 5) is 144. The van der Waals surface area contributed by atoms with Gasteiger partial charge in [0, 0.05) is 134 Å². The van der Waals surface area contributed by atoms with E-state index in [9.17, 15) is 43.2 Å². The van der Waals surface area contributed by atoms with Crippen molar-refractivity contribution in [2.75, 3.05) is 156 Å². The van der Waals surface area contributed by atoms with Crippen LogP contribution in [0.2, 0.25) is 0 Å². The number of H-pyrrole nitrogens is 1. The molecule has 0 bridgehead atoms. The molecular weight excluding hydrogens is 1810 g/mol. The molecule has 4 N–H and O–H groups in total. The van der Waals surface area contributed by atoms with E-state index in [-0.39, 0.29) is 77.1 Å². The molecule has 18 rings (SSSR count). The van der Waals surface area contributed by atoms with Crippen molar-refractivity contribution < 1.29 is 80.5 Å². The Kier molecular flexibility index (Phi) is 32.6. The van der Waals surface area contributed by atoms with E-state index in [1.165, 1.54) is 56.2 Å². The number of carbonyl (C=O) groups is 9. The Balaban J connectivity index is 0.000000154. The summed E-state index contributed by atoms with van der Waals surface area (Å²) in [6, 6.07) is 68.4. The molecule has 143 heavy (non-hydrogen) atoms. The molecule has 31 heteroatoms. The van der Waals surface area contributed by atoms with E-state index in [0.29, 0.717) is 137 Å². The highest BCUT2D eigenvalue weighted by atomic mass is 16.5. The second kappa shape index (κ2) is 46.4. The topological polar surface area (TPSA) is 329 Å². The minimum Gasteiger partial charge on any atom is -0.493 e. The highest BCUT2D eigenvalue weighted by Crippen LogP contribution is 2.46. The highest BCUT2D eigenvalue weighted by molar-refractivity contribution is 6.26. The third-order valence-corrected chi connectivity index (χ3v) is 28.2. The molecule has 744 valence electrons. The molecule has 6 aliphatic heterocycles. The van der Waals surface area contributed by atoms with Crippen LogP contribution in [0.5, 0.6) is 34.5 Å². The first kappa shape index (κ1) is 101. The van der Waals surface area contributed by atoms with Gasteiger partial charge in [-0.1, -0.05) is 133 Å². The normalized spacial score (nSPS) is 16.1. The van der Waals surface area contributed by atoms with Crippen LogP contribution >= 0.6 is 0 Å². The molecule has 0 radical (unpaired) electrons. The Labute approximate surface area is 833 Å². The summed E-state index contributed by atoms with van der Waals surface area (Å²) in [6.45, 7) is 21.0. The number of aromatic nitrogens is 2. The summed E-state index contributed by atoms with van der Waals surface area (Å²) in [5, 5.41) is 12.3. The molecule has 0 saturated carbocycles. The predicted molar refractivity (Wildman–Crippen MR) is 544 cm³/mol. The maximum atomic E-state index is 14.4. The van der Waals surface area contributed by atoms with Gasteiger partial charge in [-0.3, -0.25) is 72.6 Å². The number of anilines is 3. The van der Waals surface area contributed by atoms with Gasteiger partial charge in [0.25, 0.3) is 53.2 Å². The molecule has 0 spiro atoms. The number of fused-ring (bicyclic) bond motifs is 3. The fourth-order valence-electron chi connectivity index (χ4n) is 20.4. The molecule has 0 aliphatic carbocycles.